The van der Waals surface area contributed by atoms with Crippen LogP contribution in [0.25, 0.3) is 0 Å². The molecule has 0 amide bonds. The van der Waals surface area contributed by atoms with Gasteiger partial charge in [0.1, 0.15) is 4.90 Å². The fraction of sp³-hybridized carbons (Fsp3) is 0.538. The Morgan fingerprint density at radius 2 is 2.00 bits per heavy atom. The maximum Gasteiger partial charge on any atom is 0.271 e. The van der Waals surface area contributed by atoms with Crippen LogP contribution in [-0.2, 0) is 10.0 Å². The zero-order valence-electron chi connectivity index (χ0n) is 11.6. The molecule has 0 spiro atoms. The van der Waals surface area contributed by atoms with E-state index in [-0.39, 0.29) is 16.3 Å². The van der Waals surface area contributed by atoms with Gasteiger partial charge in [0, 0.05) is 18.7 Å². The lowest BCUT2D eigenvalue weighted by Gasteiger charge is -2.11. The number of nitrogens with two attached hydrogens (primary N) is 1. The molecule has 1 aromatic rings. The molecule has 0 unspecified atom stereocenters. The zero-order chi connectivity index (χ0) is 15.5. The Morgan fingerprint density at radius 1 is 1.33 bits per heavy atom. The molecule has 1 aromatic carbocycles. The second-order valence-electron chi connectivity index (χ2n) is 5.32. The number of anilines is 1. The number of sulfonamides is 1. The van der Waals surface area contributed by atoms with Gasteiger partial charge in [-0.25, -0.2) is 13.1 Å². The minimum absolute atomic E-state index is 0.112. The van der Waals surface area contributed by atoms with Crippen molar-refractivity contribution < 1.29 is 13.3 Å². The molecular weight excluding hydrogens is 294 g/mol. The van der Waals surface area contributed by atoms with Gasteiger partial charge in [0.25, 0.3) is 5.69 Å². The molecule has 3 N–H and O–H groups in total. The van der Waals surface area contributed by atoms with E-state index in [0.717, 1.165) is 31.4 Å². The van der Waals surface area contributed by atoms with E-state index in [1.165, 1.54) is 18.9 Å². The third-order valence-electron chi connectivity index (χ3n) is 3.81. The first-order chi connectivity index (χ1) is 9.90. The Hall–Kier alpha value is -1.67. The van der Waals surface area contributed by atoms with Crippen LogP contribution >= 0.6 is 0 Å². The van der Waals surface area contributed by atoms with Gasteiger partial charge in [-0.05, 0) is 18.4 Å². The molecule has 21 heavy (non-hydrogen) atoms. The standard InChI is InChI=1S/C13H19N3O4S/c14-12-9-11(16(17)18)5-6-13(12)21(19,20)15-8-7-10-3-1-2-4-10/h5-6,9-10,15H,1-4,7-8,14H2. The average Bonchev–Trinajstić information content (AvgIpc) is 2.91. The van der Waals surface area contributed by atoms with Gasteiger partial charge in [0.2, 0.25) is 10.0 Å². The fourth-order valence-corrected chi connectivity index (χ4v) is 3.83. The molecule has 0 heterocycles. The van der Waals surface area contributed by atoms with Gasteiger partial charge in [-0.2, -0.15) is 0 Å². The lowest BCUT2D eigenvalue weighted by Crippen LogP contribution is -2.26. The van der Waals surface area contributed by atoms with E-state index in [1.807, 2.05) is 0 Å². The lowest BCUT2D eigenvalue weighted by molar-refractivity contribution is -0.384. The zero-order valence-corrected chi connectivity index (χ0v) is 12.4. The normalized spacial score (nSPS) is 16.2. The summed E-state index contributed by atoms with van der Waals surface area (Å²) < 4.78 is 26.8. The van der Waals surface area contributed by atoms with E-state index in [2.05, 4.69) is 4.72 Å². The van der Waals surface area contributed by atoms with Crippen molar-refractivity contribution in [2.45, 2.75) is 37.0 Å². The van der Waals surface area contributed by atoms with Crippen LogP contribution in [0.2, 0.25) is 0 Å². The van der Waals surface area contributed by atoms with Crippen molar-refractivity contribution in [3.63, 3.8) is 0 Å². The van der Waals surface area contributed by atoms with Crippen molar-refractivity contribution >= 4 is 21.4 Å². The minimum Gasteiger partial charge on any atom is -0.397 e. The lowest BCUT2D eigenvalue weighted by atomic mass is 10.1. The van der Waals surface area contributed by atoms with Crippen LogP contribution in [-0.4, -0.2) is 19.9 Å². The summed E-state index contributed by atoms with van der Waals surface area (Å²) in [5.41, 5.74) is 5.28. The highest BCUT2D eigenvalue weighted by Crippen LogP contribution is 2.27. The Kier molecular flexibility index (Phi) is 4.79. The second kappa shape index (κ2) is 6.40. The molecule has 116 valence electrons. The molecule has 1 saturated carbocycles. The number of nitro groups is 1. The number of nitrogen functional groups attached to an aromatic ring is 1. The fourth-order valence-electron chi connectivity index (χ4n) is 2.67. The SMILES string of the molecule is Nc1cc([N+](=O)[O-])ccc1S(=O)(=O)NCCC1CCCC1. The summed E-state index contributed by atoms with van der Waals surface area (Å²) in [6.45, 7) is 0.365. The number of hydrogen-bond donors (Lipinski definition) is 2. The average molecular weight is 313 g/mol. The summed E-state index contributed by atoms with van der Waals surface area (Å²) >= 11 is 0. The van der Waals surface area contributed by atoms with E-state index in [9.17, 15) is 18.5 Å². The molecule has 0 bridgehead atoms. The number of rotatable bonds is 6. The quantitative estimate of drug-likeness (QED) is 0.473. The molecule has 0 atom stereocenters. The third kappa shape index (κ3) is 3.92. The molecule has 0 aliphatic heterocycles. The van der Waals surface area contributed by atoms with Crippen LogP contribution in [0.4, 0.5) is 11.4 Å². The van der Waals surface area contributed by atoms with E-state index >= 15 is 0 Å². The van der Waals surface area contributed by atoms with Crippen LogP contribution in [0.3, 0.4) is 0 Å². The van der Waals surface area contributed by atoms with Crippen LogP contribution in [0, 0.1) is 16.0 Å². The Bertz CT molecular complexity index is 624. The van der Waals surface area contributed by atoms with Gasteiger partial charge in [-0.1, -0.05) is 25.7 Å². The summed E-state index contributed by atoms with van der Waals surface area (Å²) in [5, 5.41) is 10.6. The molecular formula is C13H19N3O4S. The first-order valence-electron chi connectivity index (χ1n) is 6.94. The predicted molar refractivity (Wildman–Crippen MR) is 79.3 cm³/mol. The number of nitro benzene ring substituents is 1. The smallest absolute Gasteiger partial charge is 0.271 e. The van der Waals surface area contributed by atoms with Crippen molar-refractivity contribution in [3.05, 3.63) is 28.3 Å². The number of hydrogen-bond acceptors (Lipinski definition) is 5. The van der Waals surface area contributed by atoms with Crippen LogP contribution in [0.15, 0.2) is 23.1 Å². The van der Waals surface area contributed by atoms with Crippen LogP contribution in [0.5, 0.6) is 0 Å². The van der Waals surface area contributed by atoms with Gasteiger partial charge >= 0.3 is 0 Å². The predicted octanol–water partition coefficient (Wildman–Crippen LogP) is 2.04. The van der Waals surface area contributed by atoms with Crippen molar-refractivity contribution in [2.24, 2.45) is 5.92 Å². The van der Waals surface area contributed by atoms with Crippen molar-refractivity contribution in [1.29, 1.82) is 0 Å². The largest absolute Gasteiger partial charge is 0.397 e. The second-order valence-corrected chi connectivity index (χ2v) is 7.05. The van der Waals surface area contributed by atoms with Gasteiger partial charge in [-0.3, -0.25) is 10.1 Å². The molecule has 1 aliphatic rings. The molecule has 2 rings (SSSR count). The van der Waals surface area contributed by atoms with Gasteiger partial charge < -0.3 is 5.73 Å². The van der Waals surface area contributed by atoms with Crippen LogP contribution in [0.1, 0.15) is 32.1 Å². The first kappa shape index (κ1) is 15.7. The van der Waals surface area contributed by atoms with Crippen molar-refractivity contribution in [1.82, 2.24) is 4.72 Å². The molecule has 0 radical (unpaired) electrons. The maximum atomic E-state index is 12.1. The summed E-state index contributed by atoms with van der Waals surface area (Å²) in [4.78, 5) is 9.90. The number of benzene rings is 1. The molecule has 0 aromatic heterocycles. The highest BCUT2D eigenvalue weighted by atomic mass is 32.2. The third-order valence-corrected chi connectivity index (χ3v) is 5.35. The monoisotopic (exact) mass is 313 g/mol. The molecule has 7 nitrogen and oxygen atoms in total. The molecule has 8 heteroatoms. The Morgan fingerprint density at radius 3 is 2.57 bits per heavy atom. The van der Waals surface area contributed by atoms with E-state index in [1.54, 1.807) is 0 Å². The Balaban J connectivity index is 2.03. The topological polar surface area (TPSA) is 115 Å². The highest BCUT2D eigenvalue weighted by molar-refractivity contribution is 7.89. The molecule has 1 aliphatic carbocycles. The van der Waals surface area contributed by atoms with E-state index < -0.39 is 14.9 Å². The van der Waals surface area contributed by atoms with Gasteiger partial charge in [0.15, 0.2) is 0 Å². The maximum absolute atomic E-state index is 12.1. The van der Waals surface area contributed by atoms with E-state index in [0.29, 0.717) is 12.5 Å². The van der Waals surface area contributed by atoms with Crippen LogP contribution < -0.4 is 10.5 Å². The Labute approximate surface area is 123 Å². The summed E-state index contributed by atoms with van der Waals surface area (Å²) in [6, 6.07) is 3.37. The molecule has 0 saturated heterocycles. The van der Waals surface area contributed by atoms with Gasteiger partial charge in [0.05, 0.1) is 10.6 Å². The van der Waals surface area contributed by atoms with E-state index in [4.69, 9.17) is 5.73 Å². The summed E-state index contributed by atoms with van der Waals surface area (Å²) in [7, 11) is -3.72. The highest BCUT2D eigenvalue weighted by Gasteiger charge is 2.21. The van der Waals surface area contributed by atoms with Crippen molar-refractivity contribution in [2.75, 3.05) is 12.3 Å². The number of nitrogens with zero attached hydrogens (tertiary/aromatic N) is 1. The van der Waals surface area contributed by atoms with Crippen molar-refractivity contribution in [3.8, 4) is 0 Å². The van der Waals surface area contributed by atoms with Gasteiger partial charge in [-0.15, -0.1) is 0 Å². The first-order valence-corrected chi connectivity index (χ1v) is 8.42. The summed E-state index contributed by atoms with van der Waals surface area (Å²) in [5.74, 6) is 0.585. The summed E-state index contributed by atoms with van der Waals surface area (Å²) in [6.07, 6.45) is 5.55. The number of non-ortho nitro benzene ring substituents is 1. The number of nitrogens with one attached hydrogen (secondary N) is 1. The molecule has 1 fully saturated rings. The minimum atomic E-state index is -3.72.